The summed E-state index contributed by atoms with van der Waals surface area (Å²) in [6.45, 7) is 2.40. The van der Waals surface area contributed by atoms with Crippen molar-refractivity contribution in [3.63, 3.8) is 0 Å². The van der Waals surface area contributed by atoms with Crippen LogP contribution in [0.15, 0.2) is 109 Å². The van der Waals surface area contributed by atoms with Crippen LogP contribution in [0.3, 0.4) is 0 Å². The van der Waals surface area contributed by atoms with E-state index < -0.39 is 91.5 Å². The van der Waals surface area contributed by atoms with Crippen molar-refractivity contribution in [2.45, 2.75) is 296 Å². The van der Waals surface area contributed by atoms with Gasteiger partial charge in [0.1, 0.15) is 25.4 Å². The Morgan fingerprint density at radius 1 is 0.319 bits per heavy atom. The lowest BCUT2D eigenvalue weighted by atomic mass is 10.1. The largest absolute Gasteiger partial charge is 0.472 e. The van der Waals surface area contributed by atoms with Crippen LogP contribution >= 0.6 is 15.6 Å². The van der Waals surface area contributed by atoms with Crippen molar-refractivity contribution < 1.29 is 75.8 Å². The van der Waals surface area contributed by atoms with Gasteiger partial charge in [0.05, 0.1) is 26.4 Å². The molecule has 4 N–H and O–H groups in total. The number of unbranched alkanes of at least 4 members (excludes halogenated alkanes) is 25. The van der Waals surface area contributed by atoms with Crippen LogP contribution in [0, 0.1) is 0 Å². The minimum Gasteiger partial charge on any atom is -0.463 e. The van der Waals surface area contributed by atoms with E-state index in [9.17, 15) is 43.5 Å². The van der Waals surface area contributed by atoms with Gasteiger partial charge in [-0.2, -0.15) is 0 Å². The zero-order valence-electron chi connectivity index (χ0n) is 56.7. The number of carbonyl (C=O) groups excluding carboxylic acids is 3. The van der Waals surface area contributed by atoms with Gasteiger partial charge in [0.2, 0.25) is 0 Å². The maximum atomic E-state index is 12.9. The van der Waals surface area contributed by atoms with E-state index in [-0.39, 0.29) is 19.3 Å². The van der Waals surface area contributed by atoms with Crippen LogP contribution in [-0.2, 0) is 55.8 Å². The molecule has 0 aliphatic heterocycles. The SMILES string of the molecule is CC/C=C\C/C=C\C/C=C\C/C=C\C/C=C\CCCCCCCCCCCC(=O)OCC(O)COP(=O)(O)OCC(O)COP(=O)(O)OCC(COC(=O)CCCCCCCCC/C=C\C/C=C\C/C=C\CC)OC(=O)CCCCCCC/C=C\CCCCCC. The Bertz CT molecular complexity index is 2100. The van der Waals surface area contributed by atoms with Crippen LogP contribution in [0.2, 0.25) is 0 Å². The molecule has 0 bridgehead atoms. The molecule has 0 aliphatic carbocycles. The highest BCUT2D eigenvalue weighted by atomic mass is 31.2. The van der Waals surface area contributed by atoms with Crippen LogP contribution in [0.5, 0.6) is 0 Å². The third kappa shape index (κ3) is 67.4. The monoisotopic (exact) mass is 1320 g/mol. The number of carbonyl (C=O) groups is 3. The van der Waals surface area contributed by atoms with Gasteiger partial charge >= 0.3 is 33.6 Å². The molecule has 0 saturated carbocycles. The number of aliphatic hydroxyl groups excluding tert-OH is 2. The fraction of sp³-hybridized carbons (Fsp3) is 0.712. The van der Waals surface area contributed by atoms with Crippen LogP contribution in [0.25, 0.3) is 0 Å². The number of rotatable bonds is 66. The molecule has 16 nitrogen and oxygen atoms in total. The van der Waals surface area contributed by atoms with Gasteiger partial charge in [-0.1, -0.05) is 246 Å². The molecule has 0 heterocycles. The molecule has 0 aromatic rings. The van der Waals surface area contributed by atoms with Crippen LogP contribution in [0.1, 0.15) is 278 Å². The lowest BCUT2D eigenvalue weighted by Crippen LogP contribution is -2.30. The molecule has 18 heteroatoms. The normalized spacial score (nSPS) is 14.8. The van der Waals surface area contributed by atoms with Crippen molar-refractivity contribution in [3.8, 4) is 0 Å². The van der Waals surface area contributed by atoms with Crippen molar-refractivity contribution in [1.29, 1.82) is 0 Å². The zero-order chi connectivity index (χ0) is 66.7. The van der Waals surface area contributed by atoms with Crippen molar-refractivity contribution in [2.24, 2.45) is 0 Å². The minimum absolute atomic E-state index is 0.0915. The molecule has 0 saturated heterocycles. The Balaban J connectivity index is 4.56. The Kier molecular flexibility index (Phi) is 63.5. The number of ether oxygens (including phenoxy) is 3. The Hall–Kier alpha value is -3.79. The first-order chi connectivity index (χ1) is 44.2. The molecule has 0 aromatic carbocycles. The zero-order valence-corrected chi connectivity index (χ0v) is 58.5. The third-order valence-corrected chi connectivity index (χ3v) is 16.4. The summed E-state index contributed by atoms with van der Waals surface area (Å²) in [5.41, 5.74) is 0. The maximum absolute atomic E-state index is 12.9. The first-order valence-corrected chi connectivity index (χ1v) is 38.2. The van der Waals surface area contributed by atoms with Gasteiger partial charge in [0.15, 0.2) is 6.10 Å². The van der Waals surface area contributed by atoms with Gasteiger partial charge in [-0.25, -0.2) is 9.13 Å². The molecule has 0 amide bonds. The van der Waals surface area contributed by atoms with Gasteiger partial charge in [-0.15, -0.1) is 0 Å². The van der Waals surface area contributed by atoms with E-state index in [1.54, 1.807) is 0 Å². The molecule has 5 atom stereocenters. The first-order valence-electron chi connectivity index (χ1n) is 35.2. The molecule has 0 rings (SSSR count). The summed E-state index contributed by atoms with van der Waals surface area (Å²) >= 11 is 0. The number of hydrogen-bond donors (Lipinski definition) is 4. The third-order valence-electron chi connectivity index (χ3n) is 14.5. The van der Waals surface area contributed by atoms with E-state index in [1.807, 2.05) is 0 Å². The standard InChI is InChI=1S/C73H126O16P2/c1-4-7-10-13-16-19-22-25-27-29-30-31-32-33-34-35-36-38-40-42-44-47-50-53-56-59-71(76)83-62-68(74)63-85-90(79,80)86-64-69(75)65-87-91(81,82)88-67-70(89-73(78)61-58-55-52-49-46-41-24-21-18-15-12-9-6-3)66-84-72(77)60-57-54-51-48-45-43-39-37-28-26-23-20-17-14-11-8-5-2/h7-8,10-11,16-17,19-21,24-28,30-31,33-34,68-70,74-75H,4-6,9,12-15,18,22-23,29,32,35-67H2,1-3H3,(H,79,80)(H,81,82)/b10-7-,11-8-,19-16-,20-17-,24-21-,27-25-,28-26-,31-30-,34-33-. The van der Waals surface area contributed by atoms with Crippen LogP contribution in [0.4, 0.5) is 0 Å². The molecular formula is C73H126O16P2. The highest BCUT2D eigenvalue weighted by molar-refractivity contribution is 7.47. The Labute approximate surface area is 551 Å². The van der Waals surface area contributed by atoms with Crippen molar-refractivity contribution in [1.82, 2.24) is 0 Å². The van der Waals surface area contributed by atoms with E-state index in [2.05, 4.69) is 130 Å². The minimum atomic E-state index is -4.93. The van der Waals surface area contributed by atoms with Crippen LogP contribution in [-0.4, -0.2) is 95.9 Å². The number of allylic oxidation sites excluding steroid dienone is 18. The van der Waals surface area contributed by atoms with E-state index in [4.69, 9.17) is 32.3 Å². The molecule has 0 spiro atoms. The maximum Gasteiger partial charge on any atom is 0.472 e. The average Bonchev–Trinajstić information content (AvgIpc) is 3.75. The topological polar surface area (TPSA) is 231 Å². The summed E-state index contributed by atoms with van der Waals surface area (Å²) < 4.78 is 60.9. The number of esters is 3. The fourth-order valence-electron chi connectivity index (χ4n) is 9.14. The van der Waals surface area contributed by atoms with Gasteiger partial charge in [0, 0.05) is 19.3 Å². The Morgan fingerprint density at radius 2 is 0.582 bits per heavy atom. The Morgan fingerprint density at radius 3 is 0.934 bits per heavy atom. The molecule has 0 aliphatic rings. The lowest BCUT2D eigenvalue weighted by molar-refractivity contribution is -0.161. The smallest absolute Gasteiger partial charge is 0.463 e. The molecular weight excluding hydrogens is 1190 g/mol. The quantitative estimate of drug-likeness (QED) is 0.0146. The van der Waals surface area contributed by atoms with Crippen molar-refractivity contribution in [3.05, 3.63) is 109 Å². The summed E-state index contributed by atoms with van der Waals surface area (Å²) in [5, 5.41) is 20.6. The van der Waals surface area contributed by atoms with Crippen LogP contribution < -0.4 is 0 Å². The van der Waals surface area contributed by atoms with E-state index in [1.165, 1.54) is 51.4 Å². The van der Waals surface area contributed by atoms with Gasteiger partial charge in [-0.05, 0) is 122 Å². The molecule has 0 radical (unpaired) electrons. The van der Waals surface area contributed by atoms with Gasteiger partial charge < -0.3 is 34.2 Å². The first kappa shape index (κ1) is 87.2. The van der Waals surface area contributed by atoms with E-state index in [0.29, 0.717) is 19.3 Å². The second-order valence-electron chi connectivity index (χ2n) is 23.3. The highest BCUT2D eigenvalue weighted by Crippen LogP contribution is 2.45. The lowest BCUT2D eigenvalue weighted by Gasteiger charge is -2.21. The van der Waals surface area contributed by atoms with Gasteiger partial charge in [0.25, 0.3) is 0 Å². The molecule has 524 valence electrons. The van der Waals surface area contributed by atoms with Crippen molar-refractivity contribution in [2.75, 3.05) is 39.6 Å². The molecule has 5 unspecified atom stereocenters. The summed E-state index contributed by atoms with van der Waals surface area (Å²) in [6, 6.07) is 0. The summed E-state index contributed by atoms with van der Waals surface area (Å²) in [4.78, 5) is 58.4. The summed E-state index contributed by atoms with van der Waals surface area (Å²) in [6.07, 6.45) is 74.3. The second kappa shape index (κ2) is 66.2. The molecule has 91 heavy (non-hydrogen) atoms. The fourth-order valence-corrected chi connectivity index (χ4v) is 10.7. The van der Waals surface area contributed by atoms with E-state index >= 15 is 0 Å². The molecule has 0 aromatic heterocycles. The number of hydrogen-bond acceptors (Lipinski definition) is 14. The summed E-state index contributed by atoms with van der Waals surface area (Å²) in [7, 11) is -9.78. The molecule has 0 fully saturated rings. The summed E-state index contributed by atoms with van der Waals surface area (Å²) in [5.74, 6) is -1.60. The number of phosphoric acid groups is 2. The second-order valence-corrected chi connectivity index (χ2v) is 26.2. The van der Waals surface area contributed by atoms with Gasteiger partial charge in [-0.3, -0.25) is 32.5 Å². The average molecular weight is 1320 g/mol. The number of aliphatic hydroxyl groups is 2. The van der Waals surface area contributed by atoms with Crippen molar-refractivity contribution >= 4 is 33.6 Å². The highest BCUT2D eigenvalue weighted by Gasteiger charge is 2.29. The number of phosphoric ester groups is 2. The predicted molar refractivity (Wildman–Crippen MR) is 371 cm³/mol. The van der Waals surface area contributed by atoms with E-state index in [0.717, 1.165) is 167 Å². The predicted octanol–water partition coefficient (Wildman–Crippen LogP) is 19.6.